The summed E-state index contributed by atoms with van der Waals surface area (Å²) in [5.74, 6) is 0.283. The van der Waals surface area contributed by atoms with Crippen molar-refractivity contribution >= 4 is 5.91 Å². The topological polar surface area (TPSA) is 55.1 Å². The van der Waals surface area contributed by atoms with Crippen molar-refractivity contribution in [2.45, 2.75) is 33.1 Å². The molecule has 1 aromatic rings. The molecule has 1 rings (SSSR count). The van der Waals surface area contributed by atoms with Crippen LogP contribution < -0.4 is 5.32 Å². The van der Waals surface area contributed by atoms with Crippen molar-refractivity contribution in [3.8, 4) is 0 Å². The third kappa shape index (κ3) is 3.73. The highest BCUT2D eigenvalue weighted by Gasteiger charge is 2.12. The van der Waals surface area contributed by atoms with Crippen molar-refractivity contribution in [1.29, 1.82) is 0 Å². The van der Waals surface area contributed by atoms with Crippen LogP contribution in [-0.4, -0.2) is 17.4 Å². The van der Waals surface area contributed by atoms with E-state index in [0.29, 0.717) is 6.54 Å². The molecule has 1 N–H and O–H groups in total. The van der Waals surface area contributed by atoms with E-state index >= 15 is 0 Å². The molecule has 0 spiro atoms. The van der Waals surface area contributed by atoms with Gasteiger partial charge in [-0.2, -0.15) is 0 Å². The standard InChI is InChI=1S/C11H18N2O2/c1-3-9(4-2)11(14)12-6-5-10-7-15-8-13-10/h7-9H,3-6H2,1-2H3,(H,12,14). The Labute approximate surface area is 90.1 Å². The molecule has 0 saturated carbocycles. The summed E-state index contributed by atoms with van der Waals surface area (Å²) in [6.07, 6.45) is 5.52. The zero-order valence-corrected chi connectivity index (χ0v) is 9.32. The summed E-state index contributed by atoms with van der Waals surface area (Å²) in [6, 6.07) is 0. The summed E-state index contributed by atoms with van der Waals surface area (Å²) >= 11 is 0. The number of carbonyl (C=O) groups excluding carboxylic acids is 1. The minimum Gasteiger partial charge on any atom is -0.451 e. The Balaban J connectivity index is 2.22. The fraction of sp³-hybridized carbons (Fsp3) is 0.636. The van der Waals surface area contributed by atoms with Crippen molar-refractivity contribution in [1.82, 2.24) is 10.3 Å². The molecule has 4 nitrogen and oxygen atoms in total. The Morgan fingerprint density at radius 2 is 2.27 bits per heavy atom. The van der Waals surface area contributed by atoms with Gasteiger partial charge in [0, 0.05) is 18.9 Å². The van der Waals surface area contributed by atoms with Crippen LogP contribution in [0.5, 0.6) is 0 Å². The van der Waals surface area contributed by atoms with E-state index in [1.54, 1.807) is 6.26 Å². The highest BCUT2D eigenvalue weighted by molar-refractivity contribution is 5.78. The van der Waals surface area contributed by atoms with Gasteiger partial charge in [-0.25, -0.2) is 4.98 Å². The highest BCUT2D eigenvalue weighted by atomic mass is 16.3. The van der Waals surface area contributed by atoms with E-state index in [0.717, 1.165) is 25.0 Å². The van der Waals surface area contributed by atoms with Crippen LogP contribution in [0, 0.1) is 5.92 Å². The van der Waals surface area contributed by atoms with E-state index in [2.05, 4.69) is 10.3 Å². The minimum atomic E-state index is 0.141. The maximum absolute atomic E-state index is 11.6. The first-order valence-corrected chi connectivity index (χ1v) is 5.42. The Hall–Kier alpha value is -1.32. The molecule has 0 unspecified atom stereocenters. The molecular weight excluding hydrogens is 192 g/mol. The van der Waals surface area contributed by atoms with Crippen LogP contribution in [0.4, 0.5) is 0 Å². The van der Waals surface area contributed by atoms with E-state index in [1.165, 1.54) is 6.39 Å². The Morgan fingerprint density at radius 1 is 1.53 bits per heavy atom. The average Bonchev–Trinajstić information content (AvgIpc) is 2.72. The Bertz CT molecular complexity index is 279. The Kier molecular flexibility index (Phi) is 4.87. The zero-order valence-electron chi connectivity index (χ0n) is 9.32. The van der Waals surface area contributed by atoms with Gasteiger partial charge in [0.1, 0.15) is 6.26 Å². The molecular formula is C11H18N2O2. The number of hydrogen-bond acceptors (Lipinski definition) is 3. The SMILES string of the molecule is CCC(CC)C(=O)NCCc1cocn1. The molecule has 84 valence electrons. The normalized spacial score (nSPS) is 10.6. The number of oxazole rings is 1. The van der Waals surface area contributed by atoms with Gasteiger partial charge in [-0.1, -0.05) is 13.8 Å². The van der Waals surface area contributed by atoms with Gasteiger partial charge in [-0.3, -0.25) is 4.79 Å². The average molecular weight is 210 g/mol. The predicted molar refractivity (Wildman–Crippen MR) is 57.3 cm³/mol. The molecule has 0 atom stereocenters. The molecule has 15 heavy (non-hydrogen) atoms. The number of nitrogens with one attached hydrogen (secondary N) is 1. The Morgan fingerprint density at radius 3 is 2.80 bits per heavy atom. The molecule has 4 heteroatoms. The van der Waals surface area contributed by atoms with Gasteiger partial charge in [0.2, 0.25) is 5.91 Å². The van der Waals surface area contributed by atoms with Gasteiger partial charge in [-0.05, 0) is 12.8 Å². The van der Waals surface area contributed by atoms with Crippen molar-refractivity contribution in [2.75, 3.05) is 6.54 Å². The van der Waals surface area contributed by atoms with Crippen molar-refractivity contribution in [3.05, 3.63) is 18.4 Å². The molecule has 0 fully saturated rings. The van der Waals surface area contributed by atoms with Gasteiger partial charge in [-0.15, -0.1) is 0 Å². The maximum atomic E-state index is 11.6. The second-order valence-electron chi connectivity index (χ2n) is 3.53. The van der Waals surface area contributed by atoms with E-state index in [9.17, 15) is 4.79 Å². The third-order valence-corrected chi connectivity index (χ3v) is 2.52. The van der Waals surface area contributed by atoms with Gasteiger partial charge < -0.3 is 9.73 Å². The third-order valence-electron chi connectivity index (χ3n) is 2.52. The van der Waals surface area contributed by atoms with Gasteiger partial charge in [0.15, 0.2) is 6.39 Å². The number of nitrogens with zero attached hydrogens (tertiary/aromatic N) is 1. The van der Waals surface area contributed by atoms with Crippen LogP contribution in [0.15, 0.2) is 17.1 Å². The van der Waals surface area contributed by atoms with Crippen molar-refractivity contribution in [3.63, 3.8) is 0 Å². The lowest BCUT2D eigenvalue weighted by Gasteiger charge is -2.11. The van der Waals surface area contributed by atoms with Crippen molar-refractivity contribution < 1.29 is 9.21 Å². The first-order valence-electron chi connectivity index (χ1n) is 5.42. The molecule has 1 heterocycles. The molecule has 1 amide bonds. The van der Waals surface area contributed by atoms with Crippen LogP contribution in [0.2, 0.25) is 0 Å². The fourth-order valence-corrected chi connectivity index (χ4v) is 1.48. The monoisotopic (exact) mass is 210 g/mol. The lowest BCUT2D eigenvalue weighted by atomic mass is 10.0. The number of rotatable bonds is 6. The van der Waals surface area contributed by atoms with Gasteiger partial charge >= 0.3 is 0 Å². The smallest absolute Gasteiger partial charge is 0.223 e. The largest absolute Gasteiger partial charge is 0.451 e. The molecule has 0 saturated heterocycles. The summed E-state index contributed by atoms with van der Waals surface area (Å²) < 4.78 is 4.84. The first-order chi connectivity index (χ1) is 7.27. The fourth-order valence-electron chi connectivity index (χ4n) is 1.48. The van der Waals surface area contributed by atoms with Crippen LogP contribution in [0.25, 0.3) is 0 Å². The van der Waals surface area contributed by atoms with Gasteiger partial charge in [0.05, 0.1) is 5.69 Å². The maximum Gasteiger partial charge on any atom is 0.223 e. The van der Waals surface area contributed by atoms with Crippen LogP contribution in [0.3, 0.4) is 0 Å². The number of amides is 1. The quantitative estimate of drug-likeness (QED) is 0.778. The first kappa shape index (κ1) is 11.8. The lowest BCUT2D eigenvalue weighted by molar-refractivity contribution is -0.125. The summed E-state index contributed by atoms with van der Waals surface area (Å²) in [7, 11) is 0. The number of hydrogen-bond donors (Lipinski definition) is 1. The number of carbonyl (C=O) groups is 1. The van der Waals surface area contributed by atoms with E-state index in [-0.39, 0.29) is 11.8 Å². The second-order valence-corrected chi connectivity index (χ2v) is 3.53. The summed E-state index contributed by atoms with van der Waals surface area (Å²) in [5, 5.41) is 2.90. The molecule has 0 aliphatic heterocycles. The van der Waals surface area contributed by atoms with Crippen LogP contribution >= 0.6 is 0 Å². The van der Waals surface area contributed by atoms with Crippen molar-refractivity contribution in [2.24, 2.45) is 5.92 Å². The highest BCUT2D eigenvalue weighted by Crippen LogP contribution is 2.06. The molecule has 0 aliphatic carbocycles. The van der Waals surface area contributed by atoms with Crippen LogP contribution in [0.1, 0.15) is 32.4 Å². The summed E-state index contributed by atoms with van der Waals surface area (Å²) in [5.41, 5.74) is 0.875. The second kappa shape index (κ2) is 6.22. The molecule has 0 radical (unpaired) electrons. The zero-order chi connectivity index (χ0) is 11.1. The number of aromatic nitrogens is 1. The van der Waals surface area contributed by atoms with Crippen LogP contribution in [-0.2, 0) is 11.2 Å². The van der Waals surface area contributed by atoms with E-state index in [4.69, 9.17) is 4.42 Å². The summed E-state index contributed by atoms with van der Waals surface area (Å²) in [6.45, 7) is 4.69. The van der Waals surface area contributed by atoms with Gasteiger partial charge in [0.25, 0.3) is 0 Å². The van der Waals surface area contributed by atoms with E-state index in [1.807, 2.05) is 13.8 Å². The minimum absolute atomic E-state index is 0.141. The lowest BCUT2D eigenvalue weighted by Crippen LogP contribution is -2.31. The summed E-state index contributed by atoms with van der Waals surface area (Å²) in [4.78, 5) is 15.6. The molecule has 1 aromatic heterocycles. The van der Waals surface area contributed by atoms with E-state index < -0.39 is 0 Å². The molecule has 0 aromatic carbocycles. The molecule has 0 bridgehead atoms. The predicted octanol–water partition coefficient (Wildman–Crippen LogP) is 1.77. The molecule has 0 aliphatic rings.